The molecule has 39 heavy (non-hydrogen) atoms. The van der Waals surface area contributed by atoms with Crippen molar-refractivity contribution in [3.63, 3.8) is 0 Å². The van der Waals surface area contributed by atoms with E-state index in [0.29, 0.717) is 29.0 Å². The number of aliphatic carboxylic acids is 1. The molecule has 14 nitrogen and oxygen atoms in total. The van der Waals surface area contributed by atoms with E-state index in [1.807, 2.05) is 29.8 Å². The Morgan fingerprint density at radius 1 is 1.15 bits per heavy atom. The number of pyridine rings is 1. The number of hydrogen-bond donors (Lipinski definition) is 5. The number of nitrogens with two attached hydrogens (primary N) is 1. The number of aryl methyl sites for hydroxylation is 1. The first kappa shape index (κ1) is 28.0. The number of amidine groups is 1. The zero-order valence-electron chi connectivity index (χ0n) is 20.8. The van der Waals surface area contributed by atoms with E-state index in [-0.39, 0.29) is 24.7 Å². The first-order valence-corrected chi connectivity index (χ1v) is 11.5. The van der Waals surface area contributed by atoms with Crippen molar-refractivity contribution in [2.24, 2.45) is 12.8 Å². The third kappa shape index (κ3) is 7.48. The van der Waals surface area contributed by atoms with E-state index in [4.69, 9.17) is 31.6 Å². The van der Waals surface area contributed by atoms with E-state index < -0.39 is 11.1 Å². The van der Waals surface area contributed by atoms with Crippen molar-refractivity contribution in [1.82, 2.24) is 14.5 Å². The summed E-state index contributed by atoms with van der Waals surface area (Å²) in [6.07, 6.45) is 1.36. The van der Waals surface area contributed by atoms with Crippen LogP contribution in [0.2, 0.25) is 0 Å². The highest BCUT2D eigenvalue weighted by molar-refractivity contribution is 6.07. The number of carboxylic acid groups (broad SMARTS) is 1. The van der Waals surface area contributed by atoms with Crippen LogP contribution in [0.5, 0.6) is 0 Å². The number of nitrogens with one attached hydrogen (secondary N) is 2. The van der Waals surface area contributed by atoms with E-state index >= 15 is 0 Å². The Morgan fingerprint density at radius 2 is 1.82 bits per heavy atom. The molecule has 0 spiro atoms. The van der Waals surface area contributed by atoms with Crippen LogP contribution in [-0.4, -0.2) is 54.2 Å². The molecule has 0 saturated heterocycles. The number of imidazole rings is 1. The second-order valence-electron chi connectivity index (χ2n) is 8.16. The minimum absolute atomic E-state index is 0.00300. The van der Waals surface area contributed by atoms with Gasteiger partial charge in [-0.15, -0.1) is 10.1 Å². The van der Waals surface area contributed by atoms with Gasteiger partial charge >= 0.3 is 5.97 Å². The molecule has 0 radical (unpaired) electrons. The van der Waals surface area contributed by atoms with Crippen LogP contribution in [0.4, 0.5) is 11.5 Å². The Labute approximate surface area is 221 Å². The normalized spacial score (nSPS) is 10.3. The minimum Gasteiger partial charge on any atom is -0.481 e. The van der Waals surface area contributed by atoms with Gasteiger partial charge in [0.15, 0.2) is 0 Å². The van der Waals surface area contributed by atoms with E-state index in [2.05, 4.69) is 15.3 Å². The maximum Gasteiger partial charge on any atom is 0.305 e. The smallest absolute Gasteiger partial charge is 0.305 e. The fourth-order valence-electron chi connectivity index (χ4n) is 3.69. The molecular formula is C25H26N8O6. The summed E-state index contributed by atoms with van der Waals surface area (Å²) in [6.45, 7) is 0.454. The predicted molar refractivity (Wildman–Crippen MR) is 142 cm³/mol. The van der Waals surface area contributed by atoms with Crippen molar-refractivity contribution >= 4 is 40.3 Å². The van der Waals surface area contributed by atoms with Crippen molar-refractivity contribution in [2.45, 2.75) is 13.0 Å². The van der Waals surface area contributed by atoms with Crippen LogP contribution in [0.1, 0.15) is 28.2 Å². The first-order chi connectivity index (χ1) is 18.6. The highest BCUT2D eigenvalue weighted by Gasteiger charge is 2.21. The maximum atomic E-state index is 13.3. The second kappa shape index (κ2) is 12.6. The summed E-state index contributed by atoms with van der Waals surface area (Å²) < 4.78 is 1.95. The Bertz CT molecular complexity index is 1480. The van der Waals surface area contributed by atoms with Crippen molar-refractivity contribution in [1.29, 1.82) is 5.41 Å². The number of nitrogen functional groups attached to an aromatic ring is 1. The van der Waals surface area contributed by atoms with Crippen LogP contribution in [0.25, 0.3) is 11.0 Å². The molecule has 0 aliphatic heterocycles. The third-order valence-corrected chi connectivity index (χ3v) is 5.59. The number of hydrogen-bond acceptors (Lipinski definition) is 8. The standard InChI is InChI=1S/C25H25N7O3.HNO3/c1-31-20-10-7-17(25(35)32(13-11-23(33)34)21-4-2-3-12-28-21)14-19(20)30-22(31)15-29-18-8-5-16(6-9-18)24(26)27;2-1(3)4/h2-10,12,14,29H,11,13,15H2,1H3,(H3,26,27)(H,33,34);(H,2,3,4). The molecule has 2 aromatic carbocycles. The Hall–Kier alpha value is -5.53. The number of anilines is 2. The van der Waals surface area contributed by atoms with E-state index in [1.165, 1.54) is 4.90 Å². The van der Waals surface area contributed by atoms with Crippen molar-refractivity contribution < 1.29 is 25.0 Å². The van der Waals surface area contributed by atoms with Crippen molar-refractivity contribution in [3.8, 4) is 0 Å². The topological polar surface area (TPSA) is 214 Å². The van der Waals surface area contributed by atoms with E-state index in [1.54, 1.807) is 48.7 Å². The molecule has 4 rings (SSSR count). The fourth-order valence-corrected chi connectivity index (χ4v) is 3.69. The molecule has 0 saturated carbocycles. The molecule has 2 heterocycles. The van der Waals surface area contributed by atoms with Crippen LogP contribution < -0.4 is 16.0 Å². The number of rotatable bonds is 9. The number of nitrogens with zero attached hydrogens (tertiary/aromatic N) is 5. The quantitative estimate of drug-likeness (QED) is 0.0915. The average molecular weight is 535 g/mol. The summed E-state index contributed by atoms with van der Waals surface area (Å²) in [5, 5.41) is 33.5. The molecule has 0 atom stereocenters. The number of carboxylic acids is 1. The van der Waals surface area contributed by atoms with Gasteiger partial charge in [0.2, 0.25) is 0 Å². The van der Waals surface area contributed by atoms with Crippen LogP contribution in [0.15, 0.2) is 66.9 Å². The molecule has 0 fully saturated rings. The number of carbonyl (C=O) groups excluding carboxylic acids is 1. The zero-order chi connectivity index (χ0) is 28.5. The summed E-state index contributed by atoms with van der Waals surface area (Å²) in [5.41, 5.74) is 8.92. The van der Waals surface area contributed by atoms with Gasteiger partial charge in [-0.1, -0.05) is 6.07 Å². The summed E-state index contributed by atoms with van der Waals surface area (Å²) >= 11 is 0. The minimum atomic E-state index is -1.50. The van der Waals surface area contributed by atoms with Gasteiger partial charge in [0.25, 0.3) is 11.0 Å². The second-order valence-corrected chi connectivity index (χ2v) is 8.16. The summed E-state index contributed by atoms with van der Waals surface area (Å²) in [4.78, 5) is 43.1. The first-order valence-electron chi connectivity index (χ1n) is 11.5. The molecule has 0 aliphatic carbocycles. The predicted octanol–water partition coefficient (Wildman–Crippen LogP) is 2.64. The molecule has 0 bridgehead atoms. The number of carbonyl (C=O) groups is 2. The van der Waals surface area contributed by atoms with Crippen LogP contribution in [0, 0.1) is 15.5 Å². The van der Waals surface area contributed by atoms with Gasteiger partial charge in [0, 0.05) is 36.6 Å². The van der Waals surface area contributed by atoms with Gasteiger partial charge in [-0.25, -0.2) is 9.97 Å². The van der Waals surface area contributed by atoms with Crippen LogP contribution >= 0.6 is 0 Å². The SMILES string of the molecule is Cn1c(CNc2ccc(C(=N)N)cc2)nc2cc(C(=O)N(CCC(=O)O)c3ccccn3)ccc21.O=[N+]([O-])O. The van der Waals surface area contributed by atoms with Gasteiger partial charge in [-0.05, 0) is 54.6 Å². The molecule has 0 aliphatic rings. The molecule has 14 heteroatoms. The Morgan fingerprint density at radius 3 is 2.41 bits per heavy atom. The van der Waals surface area contributed by atoms with Gasteiger partial charge in [0.05, 0.1) is 24.0 Å². The lowest BCUT2D eigenvalue weighted by Crippen LogP contribution is -2.33. The van der Waals surface area contributed by atoms with Crippen LogP contribution in [0.3, 0.4) is 0 Å². The third-order valence-electron chi connectivity index (χ3n) is 5.59. The Balaban J connectivity index is 0.000000983. The molecule has 202 valence electrons. The molecule has 2 aromatic heterocycles. The molecule has 1 amide bonds. The van der Waals surface area contributed by atoms with Crippen molar-refractivity contribution in [3.05, 3.63) is 93.9 Å². The lowest BCUT2D eigenvalue weighted by Gasteiger charge is -2.21. The monoisotopic (exact) mass is 534 g/mol. The fraction of sp³-hybridized carbons (Fsp3) is 0.160. The van der Waals surface area contributed by atoms with Gasteiger partial charge in [-0.2, -0.15) is 0 Å². The molecular weight excluding hydrogens is 508 g/mol. The number of aromatic nitrogens is 3. The van der Waals surface area contributed by atoms with Gasteiger partial charge < -0.3 is 25.9 Å². The lowest BCUT2D eigenvalue weighted by molar-refractivity contribution is -0.742. The zero-order valence-corrected chi connectivity index (χ0v) is 20.8. The molecule has 6 N–H and O–H groups in total. The van der Waals surface area contributed by atoms with Gasteiger partial charge in [0.1, 0.15) is 17.5 Å². The number of benzene rings is 2. The van der Waals surface area contributed by atoms with Crippen LogP contribution in [-0.2, 0) is 18.4 Å². The van der Waals surface area contributed by atoms with Gasteiger partial charge in [-0.3, -0.25) is 19.9 Å². The van der Waals surface area contributed by atoms with Crippen molar-refractivity contribution in [2.75, 3.05) is 16.8 Å². The summed E-state index contributed by atoms with van der Waals surface area (Å²) in [7, 11) is 1.90. The molecule has 4 aromatic rings. The highest BCUT2D eigenvalue weighted by Crippen LogP contribution is 2.21. The lowest BCUT2D eigenvalue weighted by atomic mass is 10.1. The average Bonchev–Trinajstić information content (AvgIpc) is 3.22. The number of fused-ring (bicyclic) bond motifs is 1. The maximum absolute atomic E-state index is 13.3. The largest absolute Gasteiger partial charge is 0.481 e. The summed E-state index contributed by atoms with van der Waals surface area (Å²) in [5.74, 6) is -0.162. The number of amides is 1. The van der Waals surface area contributed by atoms with E-state index in [0.717, 1.165) is 17.0 Å². The van der Waals surface area contributed by atoms with E-state index in [9.17, 15) is 9.59 Å². The highest BCUT2D eigenvalue weighted by atomic mass is 16.9. The summed E-state index contributed by atoms with van der Waals surface area (Å²) in [6, 6.07) is 17.6. The Kier molecular flexibility index (Phi) is 9.08. The molecule has 0 unspecified atom stereocenters.